The van der Waals surface area contributed by atoms with Crippen LogP contribution in [0.5, 0.6) is 5.75 Å². The van der Waals surface area contributed by atoms with Crippen molar-refractivity contribution in [3.63, 3.8) is 0 Å². The fourth-order valence-corrected chi connectivity index (χ4v) is 4.02. The van der Waals surface area contributed by atoms with E-state index in [1.807, 2.05) is 0 Å². The van der Waals surface area contributed by atoms with E-state index in [0.29, 0.717) is 12.5 Å². The van der Waals surface area contributed by atoms with Crippen molar-refractivity contribution in [1.29, 1.82) is 0 Å². The van der Waals surface area contributed by atoms with Gasteiger partial charge in [-0.05, 0) is 12.8 Å². The van der Waals surface area contributed by atoms with Gasteiger partial charge in [-0.2, -0.15) is 0 Å². The number of rotatable bonds is 18. The second kappa shape index (κ2) is 15.7. The molecule has 0 unspecified atom stereocenters. The molecule has 1 aromatic rings. The average molecular weight is 481 g/mol. The molecule has 34 heavy (non-hydrogen) atoms. The van der Waals surface area contributed by atoms with Gasteiger partial charge < -0.3 is 9.84 Å². The summed E-state index contributed by atoms with van der Waals surface area (Å²) in [5, 5.41) is 32.5. The molecule has 0 aromatic heterocycles. The summed E-state index contributed by atoms with van der Waals surface area (Å²) in [6.07, 6.45) is 14.5. The third kappa shape index (κ3) is 9.84. The van der Waals surface area contributed by atoms with Gasteiger partial charge in [0.25, 0.3) is 5.69 Å². The highest BCUT2D eigenvalue weighted by molar-refractivity contribution is 5.97. The largest absolute Gasteiger partial charge is 0.478 e. The maximum Gasteiger partial charge on any atom is 0.340 e. The van der Waals surface area contributed by atoms with Crippen LogP contribution in [0.25, 0.3) is 0 Å². The highest BCUT2D eigenvalue weighted by Gasteiger charge is 2.34. The first-order valence-electron chi connectivity index (χ1n) is 12.1. The minimum absolute atomic E-state index is 0.0436. The smallest absolute Gasteiger partial charge is 0.340 e. The maximum atomic E-state index is 11.9. The Bertz CT molecular complexity index is 854. The molecule has 0 radical (unpaired) electrons. The number of carboxylic acid groups (broad SMARTS) is 1. The number of esters is 1. The Morgan fingerprint density at radius 3 is 1.65 bits per heavy atom. The summed E-state index contributed by atoms with van der Waals surface area (Å²) in [7, 11) is 0. The number of hydrogen-bond donors (Lipinski definition) is 1. The van der Waals surface area contributed by atoms with Gasteiger partial charge in [0, 0.05) is 12.5 Å². The van der Waals surface area contributed by atoms with Gasteiger partial charge in [0.15, 0.2) is 0 Å². The van der Waals surface area contributed by atoms with E-state index >= 15 is 0 Å². The summed E-state index contributed by atoms with van der Waals surface area (Å²) in [4.78, 5) is 44.3. The highest BCUT2D eigenvalue weighted by Crippen LogP contribution is 2.40. The summed E-state index contributed by atoms with van der Waals surface area (Å²) in [6.45, 7) is 3.18. The third-order valence-electron chi connectivity index (χ3n) is 5.73. The molecular formula is C24H36N2O8. The average Bonchev–Trinajstić information content (AvgIpc) is 2.75. The van der Waals surface area contributed by atoms with Crippen molar-refractivity contribution in [3.05, 3.63) is 37.4 Å². The molecule has 10 heteroatoms. The number of aromatic carboxylic acids is 1. The van der Waals surface area contributed by atoms with Crippen molar-refractivity contribution >= 4 is 23.3 Å². The summed E-state index contributed by atoms with van der Waals surface area (Å²) in [5.41, 5.74) is -2.44. The molecule has 0 spiro atoms. The van der Waals surface area contributed by atoms with E-state index in [9.17, 15) is 34.9 Å². The Balaban J connectivity index is 2.69. The minimum atomic E-state index is -1.62. The Morgan fingerprint density at radius 1 is 0.824 bits per heavy atom. The van der Waals surface area contributed by atoms with Crippen LogP contribution >= 0.6 is 0 Å². The van der Waals surface area contributed by atoms with Crippen molar-refractivity contribution in [1.82, 2.24) is 0 Å². The number of nitro groups is 2. The van der Waals surface area contributed by atoms with Gasteiger partial charge in [-0.3, -0.25) is 25.0 Å². The molecule has 0 saturated carbocycles. The van der Waals surface area contributed by atoms with Gasteiger partial charge in [0.05, 0.1) is 15.9 Å². The second-order valence-corrected chi connectivity index (χ2v) is 8.50. The Kier molecular flexibility index (Phi) is 13.4. The molecule has 0 aliphatic rings. The van der Waals surface area contributed by atoms with Crippen molar-refractivity contribution in [2.24, 2.45) is 0 Å². The van der Waals surface area contributed by atoms with E-state index in [2.05, 4.69) is 6.92 Å². The van der Waals surface area contributed by atoms with E-state index in [0.717, 1.165) is 32.6 Å². The molecule has 0 amide bonds. The van der Waals surface area contributed by atoms with Crippen LogP contribution in [0.1, 0.15) is 113 Å². The number of unbranched alkanes of at least 4 members (excludes halogenated alkanes) is 12. The number of carbonyl (C=O) groups is 2. The summed E-state index contributed by atoms with van der Waals surface area (Å²) >= 11 is 0. The Labute approximate surface area is 200 Å². The zero-order chi connectivity index (χ0) is 25.5. The topological polar surface area (TPSA) is 150 Å². The van der Waals surface area contributed by atoms with Crippen LogP contribution in [0.3, 0.4) is 0 Å². The van der Waals surface area contributed by atoms with Gasteiger partial charge in [0.1, 0.15) is 5.56 Å². The molecule has 190 valence electrons. The van der Waals surface area contributed by atoms with Crippen LogP contribution in [0.2, 0.25) is 0 Å². The predicted octanol–water partition coefficient (Wildman–Crippen LogP) is 6.76. The number of nitrogens with zero attached hydrogens (tertiary/aromatic N) is 2. The molecular weight excluding hydrogens is 444 g/mol. The molecule has 0 bridgehead atoms. The van der Waals surface area contributed by atoms with Gasteiger partial charge in [-0.25, -0.2) is 4.79 Å². The van der Waals surface area contributed by atoms with Crippen LogP contribution in [0.4, 0.5) is 11.4 Å². The zero-order valence-corrected chi connectivity index (χ0v) is 20.2. The molecule has 0 fully saturated rings. The molecule has 0 atom stereocenters. The van der Waals surface area contributed by atoms with E-state index in [-0.39, 0.29) is 12.0 Å². The third-order valence-corrected chi connectivity index (χ3v) is 5.73. The lowest BCUT2D eigenvalue weighted by molar-refractivity contribution is -0.395. The van der Waals surface area contributed by atoms with Crippen molar-refractivity contribution in [2.75, 3.05) is 0 Å². The van der Waals surface area contributed by atoms with E-state index in [1.165, 1.54) is 51.4 Å². The predicted molar refractivity (Wildman–Crippen MR) is 127 cm³/mol. The SMILES string of the molecule is CCCCCCCCCCCCCCCc1c([N+](=O)[O-])cc([N+](=O)[O-])c(OC(C)=O)c1C(=O)O. The second-order valence-electron chi connectivity index (χ2n) is 8.50. The van der Waals surface area contributed by atoms with Crippen LogP contribution in [-0.2, 0) is 11.2 Å². The Morgan fingerprint density at radius 2 is 1.26 bits per heavy atom. The van der Waals surface area contributed by atoms with Crippen LogP contribution < -0.4 is 4.74 Å². The molecule has 0 saturated heterocycles. The highest BCUT2D eigenvalue weighted by atomic mass is 16.6. The van der Waals surface area contributed by atoms with Gasteiger partial charge >= 0.3 is 17.6 Å². The molecule has 0 aliphatic carbocycles. The number of hydrogen-bond acceptors (Lipinski definition) is 7. The summed E-state index contributed by atoms with van der Waals surface area (Å²) in [5.74, 6) is -3.33. The number of benzene rings is 1. The molecule has 10 nitrogen and oxygen atoms in total. The first kappa shape index (κ1) is 29.0. The van der Waals surface area contributed by atoms with Gasteiger partial charge in [-0.1, -0.05) is 84.0 Å². The standard InChI is InChI=1S/C24H36N2O8/c1-3-4-5-6-7-8-9-10-11-12-13-14-15-16-19-20(25(30)31)17-21(26(32)33)23(34-18(2)27)22(19)24(28)29/h17H,3-16H2,1-2H3,(H,28,29). The lowest BCUT2D eigenvalue weighted by Gasteiger charge is -2.12. The van der Waals surface area contributed by atoms with E-state index in [1.54, 1.807) is 0 Å². The number of nitro benzene ring substituents is 2. The minimum Gasteiger partial charge on any atom is -0.478 e. The van der Waals surface area contributed by atoms with Crippen molar-refractivity contribution in [2.45, 2.75) is 104 Å². The maximum absolute atomic E-state index is 11.9. The molecule has 1 N–H and O–H groups in total. The van der Waals surface area contributed by atoms with Crippen LogP contribution in [0.15, 0.2) is 6.07 Å². The van der Waals surface area contributed by atoms with Crippen molar-refractivity contribution < 1.29 is 29.3 Å². The van der Waals surface area contributed by atoms with Crippen LogP contribution in [0, 0.1) is 20.2 Å². The van der Waals surface area contributed by atoms with Crippen LogP contribution in [-0.4, -0.2) is 26.9 Å². The lowest BCUT2D eigenvalue weighted by atomic mass is 9.96. The zero-order valence-electron chi connectivity index (χ0n) is 20.2. The van der Waals surface area contributed by atoms with Crippen molar-refractivity contribution in [3.8, 4) is 5.75 Å². The van der Waals surface area contributed by atoms with E-state index < -0.39 is 44.5 Å². The Hall–Kier alpha value is -3.04. The quantitative estimate of drug-likeness (QED) is 0.0795. The number of ether oxygens (including phenoxy) is 1. The monoisotopic (exact) mass is 480 g/mol. The van der Waals surface area contributed by atoms with E-state index in [4.69, 9.17) is 4.74 Å². The van der Waals surface area contributed by atoms with Gasteiger partial charge in [0.2, 0.25) is 5.75 Å². The fourth-order valence-electron chi connectivity index (χ4n) is 4.02. The molecule has 1 aromatic carbocycles. The summed E-state index contributed by atoms with van der Waals surface area (Å²) < 4.78 is 4.81. The molecule has 0 heterocycles. The number of carboxylic acids is 1. The lowest BCUT2D eigenvalue weighted by Crippen LogP contribution is -2.14. The van der Waals surface area contributed by atoms with Gasteiger partial charge in [-0.15, -0.1) is 0 Å². The number of carbonyl (C=O) groups excluding carboxylic acids is 1. The molecule has 1 rings (SSSR count). The normalized spacial score (nSPS) is 10.8. The first-order chi connectivity index (χ1) is 16.2. The molecule has 0 aliphatic heterocycles. The first-order valence-corrected chi connectivity index (χ1v) is 12.1. The fraction of sp³-hybridized carbons (Fsp3) is 0.667. The summed E-state index contributed by atoms with van der Waals surface area (Å²) in [6, 6.07) is 0.669.